The first-order valence-electron chi connectivity index (χ1n) is 6.00. The third kappa shape index (κ3) is 3.38. The second-order valence-electron chi connectivity index (χ2n) is 4.35. The van der Waals surface area contributed by atoms with Crippen LogP contribution in [0.3, 0.4) is 0 Å². The van der Waals surface area contributed by atoms with Crippen molar-refractivity contribution in [1.82, 2.24) is 4.98 Å². The Bertz CT molecular complexity index is 338. The molecule has 1 atom stereocenters. The summed E-state index contributed by atoms with van der Waals surface area (Å²) in [5.41, 5.74) is 1.22. The van der Waals surface area contributed by atoms with E-state index in [4.69, 9.17) is 16.3 Å². The highest BCUT2D eigenvalue weighted by Gasteiger charge is 2.29. The van der Waals surface area contributed by atoms with Gasteiger partial charge >= 0.3 is 0 Å². The van der Waals surface area contributed by atoms with Gasteiger partial charge in [-0.3, -0.25) is 4.98 Å². The minimum atomic E-state index is 0.343. The van der Waals surface area contributed by atoms with Crippen molar-refractivity contribution in [3.63, 3.8) is 0 Å². The lowest BCUT2D eigenvalue weighted by Gasteiger charge is -2.08. The van der Waals surface area contributed by atoms with Crippen LogP contribution in [0.4, 0.5) is 0 Å². The predicted molar refractivity (Wildman–Crippen MR) is 66.1 cm³/mol. The molecule has 1 aromatic rings. The lowest BCUT2D eigenvalue weighted by molar-refractivity contribution is 0.338. The van der Waals surface area contributed by atoms with E-state index >= 15 is 0 Å². The van der Waals surface area contributed by atoms with E-state index in [1.54, 1.807) is 6.20 Å². The van der Waals surface area contributed by atoms with Crippen LogP contribution in [0.15, 0.2) is 18.5 Å². The van der Waals surface area contributed by atoms with E-state index in [9.17, 15) is 0 Å². The number of nitrogens with zero attached hydrogens (tertiary/aromatic N) is 1. The van der Waals surface area contributed by atoms with Crippen LogP contribution in [-0.2, 0) is 6.42 Å². The van der Waals surface area contributed by atoms with Gasteiger partial charge < -0.3 is 4.74 Å². The fourth-order valence-corrected chi connectivity index (χ4v) is 2.21. The maximum Gasteiger partial charge on any atom is 0.137 e. The lowest BCUT2D eigenvalue weighted by atomic mass is 10.1. The summed E-state index contributed by atoms with van der Waals surface area (Å²) >= 11 is 6.28. The quantitative estimate of drug-likeness (QED) is 0.710. The number of ether oxygens (including phenoxy) is 1. The van der Waals surface area contributed by atoms with Gasteiger partial charge in [0, 0.05) is 11.6 Å². The fourth-order valence-electron chi connectivity index (χ4n) is 1.84. The zero-order chi connectivity index (χ0) is 11.4. The van der Waals surface area contributed by atoms with Crippen molar-refractivity contribution in [3.8, 4) is 5.75 Å². The summed E-state index contributed by atoms with van der Waals surface area (Å²) in [6.07, 6.45) is 8.32. The molecule has 1 saturated carbocycles. The van der Waals surface area contributed by atoms with Gasteiger partial charge in [0.05, 0.1) is 12.8 Å². The van der Waals surface area contributed by atoms with Gasteiger partial charge in [0.2, 0.25) is 0 Å². The standard InChI is InChI=1S/C13H18ClNO/c1-2-16-12-7-10(8-15-9-12)3-6-13(14)11-4-5-11/h7-9,11,13H,2-6H2,1H3. The van der Waals surface area contributed by atoms with Crippen molar-refractivity contribution in [2.24, 2.45) is 5.92 Å². The second-order valence-corrected chi connectivity index (χ2v) is 4.91. The van der Waals surface area contributed by atoms with E-state index in [1.807, 2.05) is 13.1 Å². The molecule has 0 saturated heterocycles. The van der Waals surface area contributed by atoms with Crippen molar-refractivity contribution in [2.75, 3.05) is 6.61 Å². The summed E-state index contributed by atoms with van der Waals surface area (Å²) in [7, 11) is 0. The molecular weight excluding hydrogens is 222 g/mol. The summed E-state index contributed by atoms with van der Waals surface area (Å²) in [6, 6.07) is 2.06. The first-order chi connectivity index (χ1) is 7.79. The van der Waals surface area contributed by atoms with Crippen molar-refractivity contribution in [1.29, 1.82) is 0 Å². The molecular formula is C13H18ClNO. The van der Waals surface area contributed by atoms with Gasteiger partial charge in [-0.15, -0.1) is 11.6 Å². The maximum atomic E-state index is 6.28. The average Bonchev–Trinajstić information content (AvgIpc) is 3.11. The summed E-state index contributed by atoms with van der Waals surface area (Å²) < 4.78 is 5.42. The Morgan fingerprint density at radius 2 is 2.31 bits per heavy atom. The normalized spacial score (nSPS) is 17.1. The molecule has 0 spiro atoms. The molecule has 1 heterocycles. The molecule has 16 heavy (non-hydrogen) atoms. The molecule has 1 fully saturated rings. The van der Waals surface area contributed by atoms with E-state index in [-0.39, 0.29) is 0 Å². The third-order valence-electron chi connectivity index (χ3n) is 2.92. The SMILES string of the molecule is CCOc1cncc(CCC(Cl)C2CC2)c1. The van der Waals surface area contributed by atoms with Gasteiger partial charge in [0.25, 0.3) is 0 Å². The maximum absolute atomic E-state index is 6.28. The van der Waals surface area contributed by atoms with Gasteiger partial charge in [0.1, 0.15) is 5.75 Å². The summed E-state index contributed by atoms with van der Waals surface area (Å²) in [4.78, 5) is 4.17. The van der Waals surface area contributed by atoms with E-state index in [0.29, 0.717) is 12.0 Å². The Kier molecular flexibility index (Phi) is 4.05. The smallest absolute Gasteiger partial charge is 0.137 e. The Hall–Kier alpha value is -0.760. The monoisotopic (exact) mass is 239 g/mol. The van der Waals surface area contributed by atoms with Crippen molar-refractivity contribution < 1.29 is 4.74 Å². The van der Waals surface area contributed by atoms with Crippen LogP contribution in [0.1, 0.15) is 31.7 Å². The minimum absolute atomic E-state index is 0.343. The summed E-state index contributed by atoms with van der Waals surface area (Å²) in [6.45, 7) is 2.67. The predicted octanol–water partition coefficient (Wildman–Crippen LogP) is 3.43. The lowest BCUT2D eigenvalue weighted by Crippen LogP contribution is -2.03. The molecule has 1 unspecified atom stereocenters. The number of pyridine rings is 1. The largest absolute Gasteiger partial charge is 0.492 e. The van der Waals surface area contributed by atoms with Gasteiger partial charge in [-0.05, 0) is 50.2 Å². The molecule has 1 aliphatic carbocycles. The number of rotatable bonds is 6. The highest BCUT2D eigenvalue weighted by molar-refractivity contribution is 6.20. The van der Waals surface area contributed by atoms with Crippen LogP contribution in [0.5, 0.6) is 5.75 Å². The molecule has 2 nitrogen and oxygen atoms in total. The zero-order valence-corrected chi connectivity index (χ0v) is 10.4. The van der Waals surface area contributed by atoms with Gasteiger partial charge in [-0.1, -0.05) is 0 Å². The molecule has 3 heteroatoms. The summed E-state index contributed by atoms with van der Waals surface area (Å²) in [5, 5.41) is 0.343. The molecule has 0 aliphatic heterocycles. The number of hydrogen-bond acceptors (Lipinski definition) is 2. The summed E-state index contributed by atoms with van der Waals surface area (Å²) in [5.74, 6) is 1.63. The Balaban J connectivity index is 1.85. The van der Waals surface area contributed by atoms with Crippen LogP contribution in [0.25, 0.3) is 0 Å². The number of hydrogen-bond donors (Lipinski definition) is 0. The van der Waals surface area contributed by atoms with Crippen LogP contribution in [0, 0.1) is 5.92 Å². The number of alkyl halides is 1. The molecule has 1 aromatic heterocycles. The molecule has 0 aromatic carbocycles. The number of halogens is 1. The zero-order valence-electron chi connectivity index (χ0n) is 9.66. The van der Waals surface area contributed by atoms with Crippen LogP contribution in [0.2, 0.25) is 0 Å². The van der Waals surface area contributed by atoms with E-state index < -0.39 is 0 Å². The number of aryl methyl sites for hydroxylation is 1. The topological polar surface area (TPSA) is 22.1 Å². The molecule has 2 rings (SSSR count). The Labute approximate surface area is 102 Å². The molecule has 0 bridgehead atoms. The van der Waals surface area contributed by atoms with Crippen LogP contribution in [-0.4, -0.2) is 17.0 Å². The average molecular weight is 240 g/mol. The van der Waals surface area contributed by atoms with Crippen LogP contribution >= 0.6 is 11.6 Å². The molecule has 0 N–H and O–H groups in total. The Morgan fingerprint density at radius 3 is 3.00 bits per heavy atom. The van der Waals surface area contributed by atoms with E-state index in [2.05, 4.69) is 11.1 Å². The van der Waals surface area contributed by atoms with E-state index in [0.717, 1.165) is 24.5 Å². The second kappa shape index (κ2) is 5.53. The highest BCUT2D eigenvalue weighted by atomic mass is 35.5. The third-order valence-corrected chi connectivity index (χ3v) is 3.50. The van der Waals surface area contributed by atoms with Gasteiger partial charge in [0.15, 0.2) is 0 Å². The highest BCUT2D eigenvalue weighted by Crippen LogP contribution is 2.37. The van der Waals surface area contributed by atoms with Crippen molar-refractivity contribution in [3.05, 3.63) is 24.0 Å². The van der Waals surface area contributed by atoms with Gasteiger partial charge in [-0.25, -0.2) is 0 Å². The first-order valence-corrected chi connectivity index (χ1v) is 6.44. The minimum Gasteiger partial charge on any atom is -0.492 e. The molecule has 1 aliphatic rings. The van der Waals surface area contributed by atoms with E-state index in [1.165, 1.54) is 18.4 Å². The van der Waals surface area contributed by atoms with Crippen molar-refractivity contribution in [2.45, 2.75) is 38.0 Å². The van der Waals surface area contributed by atoms with Gasteiger partial charge in [-0.2, -0.15) is 0 Å². The van der Waals surface area contributed by atoms with Crippen molar-refractivity contribution >= 4 is 11.6 Å². The fraction of sp³-hybridized carbons (Fsp3) is 0.615. The molecule has 88 valence electrons. The molecule has 0 amide bonds. The number of aromatic nitrogens is 1. The first kappa shape index (κ1) is 11.7. The molecule has 0 radical (unpaired) electrons. The Morgan fingerprint density at radius 1 is 1.50 bits per heavy atom. The van der Waals surface area contributed by atoms with Crippen LogP contribution < -0.4 is 4.74 Å².